The van der Waals surface area contributed by atoms with Crippen LogP contribution in [0.15, 0.2) is 35.3 Å². The van der Waals surface area contributed by atoms with Crippen molar-refractivity contribution in [1.82, 2.24) is 14.7 Å². The number of aliphatic carboxylic acids is 1. The summed E-state index contributed by atoms with van der Waals surface area (Å²) < 4.78 is 5.32. The SMILES string of the molecule is NC(N)=NCCC[C@H]1C(=O)N(C(=O)N2CCN(C(=O)OCCc3ccccc3)CC2)[C@@H]1C(=O)O. The van der Waals surface area contributed by atoms with Gasteiger partial charge in [0.15, 0.2) is 12.0 Å². The van der Waals surface area contributed by atoms with Crippen molar-refractivity contribution in [1.29, 1.82) is 0 Å². The maximum absolute atomic E-state index is 12.9. The Labute approximate surface area is 197 Å². The Kier molecular flexibility index (Phi) is 8.28. The van der Waals surface area contributed by atoms with E-state index in [0.717, 1.165) is 10.5 Å². The molecule has 0 aromatic heterocycles. The zero-order valence-corrected chi connectivity index (χ0v) is 18.8. The van der Waals surface area contributed by atoms with Crippen LogP contribution in [-0.4, -0.2) is 95.1 Å². The Bertz CT molecular complexity index is 927. The molecule has 0 radical (unpaired) electrons. The van der Waals surface area contributed by atoms with E-state index in [9.17, 15) is 24.3 Å². The number of amides is 4. The zero-order valence-electron chi connectivity index (χ0n) is 18.8. The number of ether oxygens (including phenoxy) is 1. The van der Waals surface area contributed by atoms with E-state index in [1.54, 1.807) is 0 Å². The number of carboxylic acid groups (broad SMARTS) is 1. The monoisotopic (exact) mass is 474 g/mol. The van der Waals surface area contributed by atoms with Crippen LogP contribution in [0, 0.1) is 5.92 Å². The number of guanidine groups is 1. The van der Waals surface area contributed by atoms with Crippen LogP contribution in [0.3, 0.4) is 0 Å². The van der Waals surface area contributed by atoms with Gasteiger partial charge in [0.25, 0.3) is 0 Å². The number of aliphatic imine (C=N–C) groups is 1. The van der Waals surface area contributed by atoms with Crippen molar-refractivity contribution in [3.05, 3.63) is 35.9 Å². The first-order valence-electron chi connectivity index (χ1n) is 11.2. The first-order valence-corrected chi connectivity index (χ1v) is 11.2. The average molecular weight is 475 g/mol. The van der Waals surface area contributed by atoms with Gasteiger partial charge in [0.2, 0.25) is 5.91 Å². The lowest BCUT2D eigenvalue weighted by Gasteiger charge is -2.46. The summed E-state index contributed by atoms with van der Waals surface area (Å²) in [6.45, 7) is 1.34. The predicted octanol–water partition coefficient (Wildman–Crippen LogP) is 0.0685. The minimum atomic E-state index is -1.24. The van der Waals surface area contributed by atoms with Crippen LogP contribution in [0.2, 0.25) is 0 Å². The molecule has 12 heteroatoms. The highest BCUT2D eigenvalue weighted by Gasteiger charge is 2.55. The van der Waals surface area contributed by atoms with Crippen LogP contribution in [0.4, 0.5) is 9.59 Å². The van der Waals surface area contributed by atoms with E-state index in [2.05, 4.69) is 4.99 Å². The summed E-state index contributed by atoms with van der Waals surface area (Å²) >= 11 is 0. The number of nitrogens with two attached hydrogens (primary N) is 2. The second-order valence-electron chi connectivity index (χ2n) is 8.15. The van der Waals surface area contributed by atoms with E-state index >= 15 is 0 Å². The highest BCUT2D eigenvalue weighted by molar-refractivity contribution is 6.07. The highest BCUT2D eigenvalue weighted by Crippen LogP contribution is 2.32. The molecule has 2 aliphatic heterocycles. The number of benzene rings is 1. The third kappa shape index (κ3) is 5.94. The molecule has 0 aliphatic carbocycles. The number of urea groups is 1. The zero-order chi connectivity index (χ0) is 24.7. The fourth-order valence-corrected chi connectivity index (χ4v) is 4.07. The molecule has 2 fully saturated rings. The Balaban J connectivity index is 1.45. The number of imide groups is 1. The minimum Gasteiger partial charge on any atom is -0.480 e. The fourth-order valence-electron chi connectivity index (χ4n) is 4.07. The van der Waals surface area contributed by atoms with Crippen molar-refractivity contribution in [2.75, 3.05) is 39.3 Å². The number of β-lactam (4-membered cyclic amide) rings is 1. The molecule has 0 saturated carbocycles. The number of rotatable bonds is 8. The van der Waals surface area contributed by atoms with Crippen LogP contribution in [0.25, 0.3) is 0 Å². The average Bonchev–Trinajstić information content (AvgIpc) is 2.82. The van der Waals surface area contributed by atoms with Gasteiger partial charge >= 0.3 is 18.1 Å². The maximum atomic E-state index is 12.9. The molecule has 4 amide bonds. The second-order valence-corrected chi connectivity index (χ2v) is 8.15. The summed E-state index contributed by atoms with van der Waals surface area (Å²) in [6.07, 6.45) is 0.822. The Morgan fingerprint density at radius 2 is 1.71 bits per heavy atom. The summed E-state index contributed by atoms with van der Waals surface area (Å²) in [6, 6.07) is 7.77. The number of carboxylic acids is 1. The van der Waals surface area contributed by atoms with Gasteiger partial charge in [0.1, 0.15) is 0 Å². The molecule has 5 N–H and O–H groups in total. The number of piperazine rings is 1. The summed E-state index contributed by atoms with van der Waals surface area (Å²) in [7, 11) is 0. The third-order valence-electron chi connectivity index (χ3n) is 5.91. The lowest BCUT2D eigenvalue weighted by molar-refractivity contribution is -0.167. The second kappa shape index (κ2) is 11.3. The fraction of sp³-hybridized carbons (Fsp3) is 0.500. The van der Waals surface area contributed by atoms with Crippen molar-refractivity contribution < 1.29 is 29.0 Å². The molecule has 1 aromatic carbocycles. The first kappa shape index (κ1) is 24.8. The summed E-state index contributed by atoms with van der Waals surface area (Å²) in [4.78, 5) is 56.9. The topological polar surface area (TPSA) is 172 Å². The molecule has 184 valence electrons. The lowest BCUT2D eigenvalue weighted by Crippen LogP contribution is -2.69. The van der Waals surface area contributed by atoms with E-state index < -0.39 is 36.0 Å². The molecule has 0 unspecified atom stereocenters. The molecule has 3 rings (SSSR count). The number of hydrogen-bond donors (Lipinski definition) is 3. The van der Waals surface area contributed by atoms with E-state index in [-0.39, 0.29) is 51.7 Å². The number of likely N-dealkylation sites (tertiary alicyclic amines) is 1. The number of carbonyl (C=O) groups is 4. The highest BCUT2D eigenvalue weighted by atomic mass is 16.6. The number of hydrogen-bond acceptors (Lipinski definition) is 6. The van der Waals surface area contributed by atoms with Gasteiger partial charge in [-0.25, -0.2) is 19.3 Å². The molecule has 1 aromatic rings. The normalized spacial score (nSPS) is 19.9. The van der Waals surface area contributed by atoms with Crippen molar-refractivity contribution in [2.24, 2.45) is 22.4 Å². The van der Waals surface area contributed by atoms with E-state index in [1.807, 2.05) is 30.3 Å². The van der Waals surface area contributed by atoms with Crippen LogP contribution in [-0.2, 0) is 20.7 Å². The lowest BCUT2D eigenvalue weighted by atomic mass is 9.84. The Morgan fingerprint density at radius 3 is 2.32 bits per heavy atom. The van der Waals surface area contributed by atoms with Gasteiger partial charge in [-0.1, -0.05) is 30.3 Å². The van der Waals surface area contributed by atoms with Gasteiger partial charge in [-0.05, 0) is 18.4 Å². The first-order chi connectivity index (χ1) is 16.3. The molecule has 2 heterocycles. The number of carbonyl (C=O) groups excluding carboxylic acids is 3. The third-order valence-corrected chi connectivity index (χ3v) is 5.91. The summed E-state index contributed by atoms with van der Waals surface area (Å²) in [5, 5.41) is 9.56. The largest absolute Gasteiger partial charge is 0.480 e. The van der Waals surface area contributed by atoms with Crippen LogP contribution in [0.5, 0.6) is 0 Å². The van der Waals surface area contributed by atoms with Crippen molar-refractivity contribution in [3.63, 3.8) is 0 Å². The molecule has 2 aliphatic rings. The summed E-state index contributed by atoms with van der Waals surface area (Å²) in [5.74, 6) is -2.63. The van der Waals surface area contributed by atoms with Crippen molar-refractivity contribution >= 4 is 30.0 Å². The standard InChI is InChI=1S/C22H30N6O6/c23-20(24)25-9-4-7-16-17(19(30)31)28(18(16)29)21(32)26-10-12-27(13-11-26)22(33)34-14-8-15-5-2-1-3-6-15/h1-3,5-6,16-17H,4,7-14H2,(H,30,31)(H4,23,24,25)/t16-,17+/m1/s1. The minimum absolute atomic E-state index is 0.0780. The predicted molar refractivity (Wildman–Crippen MR) is 122 cm³/mol. The maximum Gasteiger partial charge on any atom is 0.409 e. The van der Waals surface area contributed by atoms with Crippen LogP contribution < -0.4 is 11.5 Å². The number of nitrogens with zero attached hydrogens (tertiary/aromatic N) is 4. The smallest absolute Gasteiger partial charge is 0.409 e. The van der Waals surface area contributed by atoms with E-state index in [1.165, 1.54) is 9.80 Å². The summed E-state index contributed by atoms with van der Waals surface area (Å²) in [5.41, 5.74) is 11.6. The van der Waals surface area contributed by atoms with Crippen molar-refractivity contribution in [2.45, 2.75) is 25.3 Å². The van der Waals surface area contributed by atoms with Crippen molar-refractivity contribution in [3.8, 4) is 0 Å². The van der Waals surface area contributed by atoms with Crippen LogP contribution in [0.1, 0.15) is 18.4 Å². The molecular formula is C22H30N6O6. The van der Waals surface area contributed by atoms with E-state index in [4.69, 9.17) is 16.2 Å². The Morgan fingerprint density at radius 1 is 1.06 bits per heavy atom. The molecule has 2 saturated heterocycles. The van der Waals surface area contributed by atoms with Gasteiger partial charge < -0.3 is 31.1 Å². The molecule has 12 nitrogen and oxygen atoms in total. The molecular weight excluding hydrogens is 444 g/mol. The molecule has 0 spiro atoms. The Hall–Kier alpha value is -3.83. The van der Waals surface area contributed by atoms with Gasteiger partial charge in [-0.2, -0.15) is 0 Å². The van der Waals surface area contributed by atoms with Gasteiger partial charge in [-0.15, -0.1) is 0 Å². The van der Waals surface area contributed by atoms with Gasteiger partial charge in [-0.3, -0.25) is 9.79 Å². The quantitative estimate of drug-likeness (QED) is 0.205. The van der Waals surface area contributed by atoms with Gasteiger partial charge in [0.05, 0.1) is 12.5 Å². The van der Waals surface area contributed by atoms with Crippen LogP contribution >= 0.6 is 0 Å². The molecule has 34 heavy (non-hydrogen) atoms. The molecule has 0 bridgehead atoms. The molecule has 2 atom stereocenters. The van der Waals surface area contributed by atoms with E-state index in [0.29, 0.717) is 12.8 Å². The van der Waals surface area contributed by atoms with Gasteiger partial charge in [0, 0.05) is 39.1 Å².